The molecule has 2 aromatic carbocycles. The first-order valence-corrected chi connectivity index (χ1v) is 9.69. The molecule has 0 radical (unpaired) electrons. The van der Waals surface area contributed by atoms with Gasteiger partial charge >= 0.3 is 0 Å². The molecule has 2 rings (SSSR count). The maximum atomic E-state index is 2.32. The second-order valence-corrected chi connectivity index (χ2v) is 10.1. The normalized spacial score (nSPS) is 12.3. The summed E-state index contributed by atoms with van der Waals surface area (Å²) < 4.78 is 0. The maximum absolute atomic E-state index is 2.32. The van der Waals surface area contributed by atoms with Crippen LogP contribution in [0.4, 0.5) is 0 Å². The molecule has 0 fully saturated rings. The molecule has 0 bridgehead atoms. The monoisotopic (exact) mass is 276 g/mol. The van der Waals surface area contributed by atoms with E-state index in [0.29, 0.717) is 0 Å². The predicted octanol–water partition coefficient (Wildman–Crippen LogP) is 5.60. The van der Waals surface area contributed by atoms with E-state index in [9.17, 15) is 0 Å². The summed E-state index contributed by atoms with van der Waals surface area (Å²) in [6.07, 6.45) is 0. The molecule has 0 aliphatic heterocycles. The van der Waals surface area contributed by atoms with E-state index in [4.69, 9.17) is 0 Å². The van der Waals surface area contributed by atoms with E-state index in [1.807, 2.05) is 0 Å². The van der Waals surface area contributed by atoms with E-state index in [2.05, 4.69) is 85.3 Å². The summed E-state index contributed by atoms with van der Waals surface area (Å²) in [5.74, 6) is 2.35. The molecule has 0 aliphatic rings. The van der Waals surface area contributed by atoms with Crippen molar-refractivity contribution in [3.05, 3.63) is 60.7 Å². The van der Waals surface area contributed by atoms with Crippen molar-refractivity contribution >= 4 is 19.9 Å². The quantitative estimate of drug-likeness (QED) is 0.641. The van der Waals surface area contributed by atoms with Crippen LogP contribution in [0, 0.1) is 0 Å². The van der Waals surface area contributed by atoms with Gasteiger partial charge in [0, 0.05) is 9.79 Å². The van der Waals surface area contributed by atoms with Crippen molar-refractivity contribution < 1.29 is 0 Å². The van der Waals surface area contributed by atoms with Crippen LogP contribution >= 0.6 is 19.9 Å². The van der Waals surface area contributed by atoms with Crippen molar-refractivity contribution in [3.8, 4) is 0 Å². The second-order valence-electron chi connectivity index (χ2n) is 4.00. The minimum absolute atomic E-state index is 0.925. The highest BCUT2D eigenvalue weighted by Gasteiger charge is 2.26. The van der Waals surface area contributed by atoms with Gasteiger partial charge in [0.05, 0.1) is 0 Å². The van der Waals surface area contributed by atoms with Crippen LogP contribution in [0.1, 0.15) is 13.8 Å². The number of hydrogen-bond donors (Lipinski definition) is 0. The van der Waals surface area contributed by atoms with Crippen LogP contribution in [0.3, 0.4) is 0 Å². The molecule has 0 unspecified atom stereocenters. The van der Waals surface area contributed by atoms with E-state index in [1.165, 1.54) is 15.5 Å². The topological polar surface area (TPSA) is 0 Å². The molecule has 0 atom stereocenters. The number of hydrogen-bond acceptors (Lipinski definition) is 1. The second kappa shape index (κ2) is 6.35. The molecule has 0 amide bonds. The standard InChI is InChI=1S/C16H20S2/c1-3-17-18(4-2,15-11-7-5-8-12-15)16-13-9-6-10-14-16/h5-14H,3-4H2,1-2H3. The zero-order chi connectivity index (χ0) is 12.8. The van der Waals surface area contributed by atoms with Gasteiger partial charge < -0.3 is 0 Å². The molecular formula is C16H20S2. The largest absolute Gasteiger partial charge is 0.139 e. The van der Waals surface area contributed by atoms with Gasteiger partial charge in [0.1, 0.15) is 0 Å². The number of benzene rings is 2. The zero-order valence-electron chi connectivity index (χ0n) is 11.0. The van der Waals surface area contributed by atoms with Crippen LogP contribution in [0.25, 0.3) is 0 Å². The van der Waals surface area contributed by atoms with Gasteiger partial charge in [-0.2, -0.15) is 0 Å². The first-order valence-electron chi connectivity index (χ1n) is 6.39. The Morgan fingerprint density at radius 2 is 1.22 bits per heavy atom. The third kappa shape index (κ3) is 2.60. The number of rotatable bonds is 5. The fourth-order valence-corrected chi connectivity index (χ4v) is 8.33. The van der Waals surface area contributed by atoms with Gasteiger partial charge in [-0.3, -0.25) is 0 Å². The van der Waals surface area contributed by atoms with Gasteiger partial charge in [0.25, 0.3) is 0 Å². The molecule has 0 saturated heterocycles. The lowest BCUT2D eigenvalue weighted by molar-refractivity contribution is 1.33. The fraction of sp³-hybridized carbons (Fsp3) is 0.250. The Morgan fingerprint density at radius 3 is 1.56 bits per heavy atom. The third-order valence-corrected chi connectivity index (χ3v) is 10.3. The van der Waals surface area contributed by atoms with E-state index in [-0.39, 0.29) is 0 Å². The fourth-order valence-electron chi connectivity index (χ4n) is 2.17. The van der Waals surface area contributed by atoms with Crippen molar-refractivity contribution in [3.63, 3.8) is 0 Å². The highest BCUT2D eigenvalue weighted by Crippen LogP contribution is 2.71. The van der Waals surface area contributed by atoms with Crippen molar-refractivity contribution in [1.82, 2.24) is 0 Å². The summed E-state index contributed by atoms with van der Waals surface area (Å²) in [5, 5.41) is 0. The summed E-state index contributed by atoms with van der Waals surface area (Å²) in [6, 6.07) is 22.0. The van der Waals surface area contributed by atoms with Gasteiger partial charge in [0.2, 0.25) is 0 Å². The van der Waals surface area contributed by atoms with Gasteiger partial charge in [-0.15, -0.1) is 19.9 Å². The lowest BCUT2D eigenvalue weighted by Crippen LogP contribution is -2.01. The Morgan fingerprint density at radius 1 is 0.778 bits per heavy atom. The van der Waals surface area contributed by atoms with Gasteiger partial charge in [-0.1, -0.05) is 50.2 Å². The smallest absolute Gasteiger partial charge is 0.00299 e. The summed E-state index contributed by atoms with van der Waals surface area (Å²) in [5.41, 5.74) is 0. The Hall–Kier alpha value is -0.860. The van der Waals surface area contributed by atoms with Gasteiger partial charge in [0.15, 0.2) is 0 Å². The van der Waals surface area contributed by atoms with Crippen molar-refractivity contribution in [1.29, 1.82) is 0 Å². The molecule has 0 saturated carbocycles. The summed E-state index contributed by atoms with van der Waals surface area (Å²) in [6.45, 7) is 4.58. The van der Waals surface area contributed by atoms with Crippen LogP contribution in [0.2, 0.25) is 0 Å². The molecular weight excluding hydrogens is 256 g/mol. The van der Waals surface area contributed by atoms with Crippen molar-refractivity contribution in [2.75, 3.05) is 11.5 Å². The Labute approximate surface area is 116 Å². The van der Waals surface area contributed by atoms with Crippen molar-refractivity contribution in [2.24, 2.45) is 0 Å². The van der Waals surface area contributed by atoms with Crippen LogP contribution in [0.5, 0.6) is 0 Å². The first kappa shape index (κ1) is 13.6. The molecule has 0 aliphatic carbocycles. The molecule has 2 aromatic rings. The average molecular weight is 276 g/mol. The van der Waals surface area contributed by atoms with Crippen LogP contribution in [0.15, 0.2) is 70.5 Å². The molecule has 0 N–H and O–H groups in total. The van der Waals surface area contributed by atoms with Crippen molar-refractivity contribution in [2.45, 2.75) is 23.6 Å². The minimum atomic E-state index is -0.925. The highest BCUT2D eigenvalue weighted by molar-refractivity contribution is 8.94. The lowest BCUT2D eigenvalue weighted by Gasteiger charge is -2.39. The van der Waals surface area contributed by atoms with E-state index in [0.717, 1.165) is 5.75 Å². The third-order valence-electron chi connectivity index (χ3n) is 2.97. The summed E-state index contributed by atoms with van der Waals surface area (Å²) >= 11 is 0. The van der Waals surface area contributed by atoms with E-state index in [1.54, 1.807) is 0 Å². The van der Waals surface area contributed by atoms with Crippen LogP contribution < -0.4 is 0 Å². The summed E-state index contributed by atoms with van der Waals surface area (Å²) in [7, 11) is 1.19. The minimum Gasteiger partial charge on any atom is -0.139 e. The van der Waals surface area contributed by atoms with Gasteiger partial charge in [-0.05, 0) is 35.8 Å². The molecule has 0 aromatic heterocycles. The van der Waals surface area contributed by atoms with Crippen LogP contribution in [-0.4, -0.2) is 11.5 Å². The molecule has 0 heterocycles. The van der Waals surface area contributed by atoms with Crippen LogP contribution in [-0.2, 0) is 0 Å². The Balaban J connectivity index is 2.53. The van der Waals surface area contributed by atoms with E-state index < -0.39 is 9.06 Å². The van der Waals surface area contributed by atoms with Gasteiger partial charge in [-0.25, -0.2) is 0 Å². The Kier molecular flexibility index (Phi) is 4.79. The maximum Gasteiger partial charge on any atom is 0.00299 e. The van der Waals surface area contributed by atoms with E-state index >= 15 is 0 Å². The molecule has 18 heavy (non-hydrogen) atoms. The average Bonchev–Trinajstić information content (AvgIpc) is 2.47. The Bertz CT molecular complexity index is 425. The SMILES string of the molecule is CCSS(CC)(c1ccccc1)c1ccccc1. The zero-order valence-corrected chi connectivity index (χ0v) is 12.6. The lowest BCUT2D eigenvalue weighted by atomic mass is 10.4. The summed E-state index contributed by atoms with van der Waals surface area (Å²) in [4.78, 5) is 2.98. The molecule has 0 nitrogen and oxygen atoms in total. The first-order chi connectivity index (χ1) is 8.83. The molecule has 96 valence electrons. The molecule has 0 spiro atoms. The molecule has 2 heteroatoms. The highest BCUT2D eigenvalue weighted by atomic mass is 33.2. The predicted molar refractivity (Wildman–Crippen MR) is 85.7 cm³/mol.